The van der Waals surface area contributed by atoms with Crippen molar-refractivity contribution < 1.29 is 8.42 Å². The zero-order valence-corrected chi connectivity index (χ0v) is 15.0. The Morgan fingerprint density at radius 3 is 2.80 bits per heavy atom. The van der Waals surface area contributed by atoms with Gasteiger partial charge < -0.3 is 10.6 Å². The van der Waals surface area contributed by atoms with E-state index in [-0.39, 0.29) is 11.4 Å². The van der Waals surface area contributed by atoms with E-state index in [0.29, 0.717) is 25.6 Å². The molecule has 0 amide bonds. The van der Waals surface area contributed by atoms with Gasteiger partial charge in [-0.1, -0.05) is 0 Å². The number of guanidine groups is 1. The van der Waals surface area contributed by atoms with Crippen molar-refractivity contribution in [3.05, 3.63) is 36.7 Å². The molecule has 0 saturated carbocycles. The van der Waals surface area contributed by atoms with E-state index in [1.807, 2.05) is 6.92 Å². The van der Waals surface area contributed by atoms with Crippen molar-refractivity contribution in [3.8, 4) is 0 Å². The van der Waals surface area contributed by atoms with Crippen LogP contribution in [0.15, 0.2) is 40.7 Å². The van der Waals surface area contributed by atoms with Crippen LogP contribution < -0.4 is 15.4 Å². The highest BCUT2D eigenvalue weighted by Crippen LogP contribution is 2.04. The normalized spacial score (nSPS) is 12.2. The number of aryl methyl sites for hydroxylation is 1. The van der Waals surface area contributed by atoms with Gasteiger partial charge in [0.15, 0.2) is 5.96 Å². The van der Waals surface area contributed by atoms with Gasteiger partial charge in [0, 0.05) is 39.1 Å². The zero-order chi connectivity index (χ0) is 18.1. The van der Waals surface area contributed by atoms with Gasteiger partial charge in [0.05, 0.1) is 0 Å². The molecule has 0 aromatic carbocycles. The van der Waals surface area contributed by atoms with Crippen molar-refractivity contribution in [2.45, 2.75) is 18.4 Å². The third-order valence-electron chi connectivity index (χ3n) is 3.18. The summed E-state index contributed by atoms with van der Waals surface area (Å²) in [6, 6.07) is 3.07. The molecule has 2 aromatic rings. The van der Waals surface area contributed by atoms with Crippen LogP contribution in [-0.4, -0.2) is 53.8 Å². The van der Waals surface area contributed by atoms with Crippen molar-refractivity contribution in [1.29, 1.82) is 0 Å². The van der Waals surface area contributed by atoms with E-state index in [0.717, 1.165) is 5.82 Å². The van der Waals surface area contributed by atoms with Gasteiger partial charge in [-0.25, -0.2) is 23.1 Å². The second kappa shape index (κ2) is 9.08. The third-order valence-corrected chi connectivity index (χ3v) is 4.63. The standard InChI is InChI=1S/C14H22N8O2S/c1-3-16-14(18-10-13-19-11-20-22(13)2)17-7-8-21-25(23,24)12-5-4-6-15-9-12/h4-6,9,11,21H,3,7-8,10H2,1-2H3,(H2,16,17,18). The zero-order valence-electron chi connectivity index (χ0n) is 14.2. The van der Waals surface area contributed by atoms with Crippen LogP contribution in [0.1, 0.15) is 12.7 Å². The quantitative estimate of drug-likeness (QED) is 0.318. The van der Waals surface area contributed by atoms with Gasteiger partial charge in [0.2, 0.25) is 10.0 Å². The smallest absolute Gasteiger partial charge is 0.242 e. The Kier molecular flexibility index (Phi) is 6.83. The van der Waals surface area contributed by atoms with E-state index in [4.69, 9.17) is 0 Å². The van der Waals surface area contributed by atoms with E-state index in [1.165, 1.54) is 24.8 Å². The Labute approximate surface area is 146 Å². The molecule has 2 rings (SSSR count). The van der Waals surface area contributed by atoms with Crippen molar-refractivity contribution in [3.63, 3.8) is 0 Å². The molecule has 0 aliphatic carbocycles. The number of aromatic nitrogens is 4. The Morgan fingerprint density at radius 1 is 1.32 bits per heavy atom. The summed E-state index contributed by atoms with van der Waals surface area (Å²) in [6.45, 7) is 3.60. The van der Waals surface area contributed by atoms with Gasteiger partial charge in [0.25, 0.3) is 0 Å². The van der Waals surface area contributed by atoms with Crippen molar-refractivity contribution in [1.82, 2.24) is 35.1 Å². The largest absolute Gasteiger partial charge is 0.357 e. The summed E-state index contributed by atoms with van der Waals surface area (Å²) in [5.41, 5.74) is 0. The van der Waals surface area contributed by atoms with Crippen molar-refractivity contribution in [2.24, 2.45) is 12.0 Å². The number of sulfonamides is 1. The Bertz CT molecular complexity index is 788. The number of nitrogens with zero attached hydrogens (tertiary/aromatic N) is 5. The molecule has 25 heavy (non-hydrogen) atoms. The SMILES string of the molecule is CCNC(=NCc1ncnn1C)NCCNS(=O)(=O)c1cccnc1. The summed E-state index contributed by atoms with van der Waals surface area (Å²) in [4.78, 5) is 12.4. The molecule has 0 aliphatic heterocycles. The van der Waals surface area contributed by atoms with Gasteiger partial charge in [-0.3, -0.25) is 9.67 Å². The number of hydrogen-bond donors (Lipinski definition) is 3. The first-order chi connectivity index (χ1) is 12.0. The van der Waals surface area contributed by atoms with E-state index in [9.17, 15) is 8.42 Å². The molecule has 3 N–H and O–H groups in total. The molecule has 0 fully saturated rings. The molecule has 0 aliphatic rings. The second-order valence-corrected chi connectivity index (χ2v) is 6.78. The lowest BCUT2D eigenvalue weighted by atomic mass is 10.5. The highest BCUT2D eigenvalue weighted by atomic mass is 32.2. The van der Waals surface area contributed by atoms with Crippen LogP contribution in [0.2, 0.25) is 0 Å². The fraction of sp³-hybridized carbons (Fsp3) is 0.429. The lowest BCUT2D eigenvalue weighted by Gasteiger charge is -2.12. The number of nitrogens with one attached hydrogen (secondary N) is 3. The van der Waals surface area contributed by atoms with Gasteiger partial charge in [0.1, 0.15) is 23.6 Å². The first kappa shape index (κ1) is 18.8. The van der Waals surface area contributed by atoms with Crippen molar-refractivity contribution in [2.75, 3.05) is 19.6 Å². The predicted molar refractivity (Wildman–Crippen MR) is 93.2 cm³/mol. The molecule has 2 aromatic heterocycles. The Morgan fingerprint density at radius 2 is 2.16 bits per heavy atom. The fourth-order valence-electron chi connectivity index (χ4n) is 1.91. The van der Waals surface area contributed by atoms with Gasteiger partial charge >= 0.3 is 0 Å². The second-order valence-electron chi connectivity index (χ2n) is 5.01. The average Bonchev–Trinajstić information content (AvgIpc) is 3.02. The molecule has 136 valence electrons. The molecule has 10 nitrogen and oxygen atoms in total. The van der Waals surface area contributed by atoms with Crippen LogP contribution in [0.5, 0.6) is 0 Å². The van der Waals surface area contributed by atoms with Crippen LogP contribution in [0.25, 0.3) is 0 Å². The molecule has 0 saturated heterocycles. The summed E-state index contributed by atoms with van der Waals surface area (Å²) >= 11 is 0. The molecule has 0 radical (unpaired) electrons. The topological polar surface area (TPSA) is 126 Å². The van der Waals surface area contributed by atoms with E-state index >= 15 is 0 Å². The molecule has 0 atom stereocenters. The summed E-state index contributed by atoms with van der Waals surface area (Å²) in [7, 11) is -1.76. The maximum atomic E-state index is 12.1. The number of rotatable bonds is 8. The summed E-state index contributed by atoms with van der Waals surface area (Å²) in [5.74, 6) is 1.31. The number of pyridine rings is 1. The summed E-state index contributed by atoms with van der Waals surface area (Å²) < 4.78 is 28.3. The average molecular weight is 366 g/mol. The molecule has 0 bridgehead atoms. The molecule has 11 heteroatoms. The minimum absolute atomic E-state index is 0.137. The summed E-state index contributed by atoms with van der Waals surface area (Å²) in [5, 5.41) is 10.1. The first-order valence-corrected chi connectivity index (χ1v) is 9.26. The molecular formula is C14H22N8O2S. The van der Waals surface area contributed by atoms with E-state index in [2.05, 4.69) is 35.4 Å². The lowest BCUT2D eigenvalue weighted by molar-refractivity contribution is 0.580. The van der Waals surface area contributed by atoms with Crippen molar-refractivity contribution >= 4 is 16.0 Å². The summed E-state index contributed by atoms with van der Waals surface area (Å²) in [6.07, 6.45) is 4.30. The van der Waals surface area contributed by atoms with Crippen LogP contribution in [-0.2, 0) is 23.6 Å². The van der Waals surface area contributed by atoms with Crippen LogP contribution >= 0.6 is 0 Å². The number of aliphatic imine (C=N–C) groups is 1. The molecule has 2 heterocycles. The monoisotopic (exact) mass is 366 g/mol. The van der Waals surface area contributed by atoms with E-state index in [1.54, 1.807) is 17.8 Å². The molecular weight excluding hydrogens is 344 g/mol. The minimum Gasteiger partial charge on any atom is -0.357 e. The molecule has 0 spiro atoms. The Balaban J connectivity index is 1.84. The Hall–Kier alpha value is -2.53. The number of hydrogen-bond acceptors (Lipinski definition) is 6. The minimum atomic E-state index is -3.56. The maximum Gasteiger partial charge on any atom is 0.242 e. The van der Waals surface area contributed by atoms with Gasteiger partial charge in [-0.2, -0.15) is 5.10 Å². The third kappa shape index (κ3) is 5.80. The highest BCUT2D eigenvalue weighted by molar-refractivity contribution is 7.89. The van der Waals surface area contributed by atoms with E-state index < -0.39 is 10.0 Å². The van der Waals surface area contributed by atoms with Gasteiger partial charge in [-0.15, -0.1) is 0 Å². The van der Waals surface area contributed by atoms with Crippen LogP contribution in [0.3, 0.4) is 0 Å². The predicted octanol–water partition coefficient (Wildman–Crippen LogP) is -0.756. The van der Waals surface area contributed by atoms with Crippen LogP contribution in [0.4, 0.5) is 0 Å². The van der Waals surface area contributed by atoms with Gasteiger partial charge in [-0.05, 0) is 19.1 Å². The lowest BCUT2D eigenvalue weighted by Crippen LogP contribution is -2.41. The molecule has 0 unspecified atom stereocenters. The van der Waals surface area contributed by atoms with Crippen LogP contribution in [0, 0.1) is 0 Å². The maximum absolute atomic E-state index is 12.1. The highest BCUT2D eigenvalue weighted by Gasteiger charge is 2.12. The fourth-order valence-corrected chi connectivity index (χ4v) is 2.91. The first-order valence-electron chi connectivity index (χ1n) is 7.77.